The summed E-state index contributed by atoms with van der Waals surface area (Å²) in [6, 6.07) is 6.24. The number of amidine groups is 1. The third-order valence-electron chi connectivity index (χ3n) is 3.48. The van der Waals surface area contributed by atoms with Gasteiger partial charge >= 0.3 is 0 Å². The van der Waals surface area contributed by atoms with Crippen molar-refractivity contribution in [3.63, 3.8) is 0 Å². The van der Waals surface area contributed by atoms with Gasteiger partial charge in [-0.2, -0.15) is 0 Å². The van der Waals surface area contributed by atoms with Crippen LogP contribution < -0.4 is 15.4 Å². The summed E-state index contributed by atoms with van der Waals surface area (Å²) in [7, 11) is 0. The minimum atomic E-state index is -0.618. The van der Waals surface area contributed by atoms with Crippen LogP contribution in [0.4, 0.5) is 0 Å². The first-order valence-corrected chi connectivity index (χ1v) is 9.01. The summed E-state index contributed by atoms with van der Waals surface area (Å²) in [5.41, 5.74) is 0.490. The van der Waals surface area contributed by atoms with Crippen molar-refractivity contribution in [1.29, 1.82) is 0 Å². The van der Waals surface area contributed by atoms with Gasteiger partial charge in [-0.1, -0.05) is 25.6 Å². The smallest absolute Gasteiger partial charge is 0.251 e. The summed E-state index contributed by atoms with van der Waals surface area (Å²) >= 11 is 1.51. The lowest BCUT2D eigenvalue weighted by molar-refractivity contribution is -0.122. The van der Waals surface area contributed by atoms with E-state index in [2.05, 4.69) is 15.6 Å². The molecule has 0 aliphatic carbocycles. The summed E-state index contributed by atoms with van der Waals surface area (Å²) in [4.78, 5) is 29.0. The Morgan fingerprint density at radius 2 is 2.00 bits per heavy atom. The monoisotopic (exact) mass is 349 g/mol. The molecular formula is C17H23N3O3S. The Labute approximate surface area is 146 Å². The van der Waals surface area contributed by atoms with E-state index in [4.69, 9.17) is 4.74 Å². The summed E-state index contributed by atoms with van der Waals surface area (Å²) in [5, 5.41) is 6.21. The molecular weight excluding hydrogens is 326 g/mol. The van der Waals surface area contributed by atoms with Crippen LogP contribution in [0.5, 0.6) is 5.75 Å². The van der Waals surface area contributed by atoms with Gasteiger partial charge in [-0.05, 0) is 37.1 Å². The molecule has 6 nitrogen and oxygen atoms in total. The quantitative estimate of drug-likeness (QED) is 0.824. The Kier molecular flexibility index (Phi) is 6.66. The van der Waals surface area contributed by atoms with E-state index in [1.807, 2.05) is 20.8 Å². The Balaban J connectivity index is 2.00. The second-order valence-corrected chi connectivity index (χ2v) is 6.76. The molecule has 1 aliphatic rings. The summed E-state index contributed by atoms with van der Waals surface area (Å²) < 4.78 is 5.36. The van der Waals surface area contributed by atoms with Crippen molar-refractivity contribution >= 4 is 28.7 Å². The van der Waals surface area contributed by atoms with Crippen LogP contribution in [0.15, 0.2) is 29.3 Å². The van der Waals surface area contributed by atoms with E-state index in [1.54, 1.807) is 24.3 Å². The molecule has 0 spiro atoms. The largest absolute Gasteiger partial charge is 0.494 e. The van der Waals surface area contributed by atoms with Crippen LogP contribution in [0.2, 0.25) is 0 Å². The number of ether oxygens (including phenoxy) is 1. The highest BCUT2D eigenvalue weighted by Gasteiger charge is 2.26. The van der Waals surface area contributed by atoms with Crippen LogP contribution in [0.1, 0.15) is 31.1 Å². The minimum Gasteiger partial charge on any atom is -0.494 e. The molecule has 2 N–H and O–H groups in total. The lowest BCUT2D eigenvalue weighted by atomic mass is 10.0. The first-order valence-electron chi connectivity index (χ1n) is 8.03. The molecule has 1 unspecified atom stereocenters. The highest BCUT2D eigenvalue weighted by Crippen LogP contribution is 2.14. The van der Waals surface area contributed by atoms with Crippen LogP contribution >= 0.6 is 11.8 Å². The molecule has 0 radical (unpaired) electrons. The van der Waals surface area contributed by atoms with Crippen molar-refractivity contribution in [1.82, 2.24) is 10.6 Å². The molecule has 2 amide bonds. The van der Waals surface area contributed by atoms with Gasteiger partial charge in [-0.15, -0.1) is 0 Å². The molecule has 0 fully saturated rings. The summed E-state index contributed by atoms with van der Waals surface area (Å²) in [6.45, 7) is 6.98. The number of hydrogen-bond donors (Lipinski definition) is 2. The predicted molar refractivity (Wildman–Crippen MR) is 96.6 cm³/mol. The fourth-order valence-corrected chi connectivity index (χ4v) is 2.95. The van der Waals surface area contributed by atoms with E-state index in [1.165, 1.54) is 11.8 Å². The zero-order valence-corrected chi connectivity index (χ0v) is 15.0. The lowest BCUT2D eigenvalue weighted by Gasteiger charge is -2.21. The van der Waals surface area contributed by atoms with Gasteiger partial charge in [0.2, 0.25) is 5.91 Å². The maximum atomic E-state index is 12.4. The fourth-order valence-electron chi connectivity index (χ4n) is 2.22. The second-order valence-electron chi connectivity index (χ2n) is 5.68. The van der Waals surface area contributed by atoms with E-state index in [9.17, 15) is 9.59 Å². The first-order chi connectivity index (χ1) is 11.5. The molecule has 2 rings (SSSR count). The molecule has 0 saturated heterocycles. The van der Waals surface area contributed by atoms with E-state index in [0.717, 1.165) is 5.75 Å². The SMILES string of the molecule is CCOc1ccc(C(=O)NC(C(=O)NC2=NCCS2)C(C)C)cc1. The molecule has 0 aromatic heterocycles. The number of benzene rings is 1. The van der Waals surface area contributed by atoms with Crippen molar-refractivity contribution in [2.24, 2.45) is 10.9 Å². The van der Waals surface area contributed by atoms with Gasteiger partial charge in [0.05, 0.1) is 13.2 Å². The fraction of sp³-hybridized carbons (Fsp3) is 0.471. The molecule has 0 saturated carbocycles. The third kappa shape index (κ3) is 4.99. The molecule has 0 bridgehead atoms. The van der Waals surface area contributed by atoms with E-state index >= 15 is 0 Å². The Morgan fingerprint density at radius 1 is 1.29 bits per heavy atom. The van der Waals surface area contributed by atoms with Crippen molar-refractivity contribution in [3.8, 4) is 5.75 Å². The standard InChI is InChI=1S/C17H23N3O3S/c1-4-23-13-7-5-12(6-8-13)15(21)19-14(11(2)3)16(22)20-17-18-9-10-24-17/h5-8,11,14H,4,9-10H2,1-3H3,(H,19,21)(H,18,20,22). The average Bonchev–Trinajstić information content (AvgIpc) is 3.06. The number of nitrogens with zero attached hydrogens (tertiary/aromatic N) is 1. The number of carbonyl (C=O) groups excluding carboxylic acids is 2. The Hall–Kier alpha value is -2.02. The van der Waals surface area contributed by atoms with Crippen LogP contribution in [-0.2, 0) is 4.79 Å². The second kappa shape index (κ2) is 8.73. The van der Waals surface area contributed by atoms with Gasteiger partial charge in [-0.25, -0.2) is 0 Å². The topological polar surface area (TPSA) is 79.8 Å². The summed E-state index contributed by atoms with van der Waals surface area (Å²) in [6.07, 6.45) is 0. The number of carbonyl (C=O) groups is 2. The number of hydrogen-bond acceptors (Lipinski definition) is 5. The van der Waals surface area contributed by atoms with E-state index in [-0.39, 0.29) is 17.7 Å². The number of thioether (sulfide) groups is 1. The van der Waals surface area contributed by atoms with Gasteiger partial charge in [-0.3, -0.25) is 14.6 Å². The van der Waals surface area contributed by atoms with E-state index < -0.39 is 6.04 Å². The normalized spacial score (nSPS) is 14.9. The van der Waals surface area contributed by atoms with Crippen LogP contribution in [-0.4, -0.2) is 41.9 Å². The molecule has 1 atom stereocenters. The number of aliphatic imine (C=N–C) groups is 1. The van der Waals surface area contributed by atoms with Gasteiger partial charge < -0.3 is 15.4 Å². The maximum Gasteiger partial charge on any atom is 0.251 e. The first kappa shape index (κ1) is 18.3. The highest BCUT2D eigenvalue weighted by atomic mass is 32.2. The van der Waals surface area contributed by atoms with Crippen molar-refractivity contribution in [2.75, 3.05) is 18.9 Å². The molecule has 1 aromatic carbocycles. The van der Waals surface area contributed by atoms with Crippen LogP contribution in [0.3, 0.4) is 0 Å². The van der Waals surface area contributed by atoms with Crippen LogP contribution in [0, 0.1) is 5.92 Å². The minimum absolute atomic E-state index is 0.0383. The Bertz CT molecular complexity index is 614. The number of nitrogens with one attached hydrogen (secondary N) is 2. The number of rotatable bonds is 6. The van der Waals surface area contributed by atoms with Crippen LogP contribution in [0.25, 0.3) is 0 Å². The summed E-state index contributed by atoms with van der Waals surface area (Å²) in [5.74, 6) is 1.03. The lowest BCUT2D eigenvalue weighted by Crippen LogP contribution is -2.50. The van der Waals surface area contributed by atoms with E-state index in [0.29, 0.717) is 29.6 Å². The van der Waals surface area contributed by atoms with Crippen molar-refractivity contribution in [3.05, 3.63) is 29.8 Å². The molecule has 1 aromatic rings. The van der Waals surface area contributed by atoms with Gasteiger partial charge in [0.15, 0.2) is 5.17 Å². The average molecular weight is 349 g/mol. The van der Waals surface area contributed by atoms with Crippen molar-refractivity contribution in [2.45, 2.75) is 26.8 Å². The van der Waals surface area contributed by atoms with Crippen molar-refractivity contribution < 1.29 is 14.3 Å². The molecule has 130 valence electrons. The molecule has 1 aliphatic heterocycles. The zero-order valence-electron chi connectivity index (χ0n) is 14.2. The maximum absolute atomic E-state index is 12.4. The van der Waals surface area contributed by atoms with Gasteiger partial charge in [0, 0.05) is 11.3 Å². The van der Waals surface area contributed by atoms with Gasteiger partial charge in [0.25, 0.3) is 5.91 Å². The Morgan fingerprint density at radius 3 is 2.54 bits per heavy atom. The third-order valence-corrected chi connectivity index (χ3v) is 4.37. The molecule has 1 heterocycles. The predicted octanol–water partition coefficient (Wildman–Crippen LogP) is 2.06. The zero-order chi connectivity index (χ0) is 17.5. The molecule has 7 heteroatoms. The highest BCUT2D eigenvalue weighted by molar-refractivity contribution is 8.14. The number of amides is 2. The van der Waals surface area contributed by atoms with Gasteiger partial charge in [0.1, 0.15) is 11.8 Å². The molecule has 24 heavy (non-hydrogen) atoms.